The number of Topliss-reactive ketones (excluding diaryl/α,β-unsaturated/α-hetero) is 1. The van der Waals surface area contributed by atoms with E-state index in [9.17, 15) is 4.79 Å². The molecule has 0 atom stereocenters. The molecule has 1 heterocycles. The van der Waals surface area contributed by atoms with Gasteiger partial charge in [0.1, 0.15) is 6.33 Å². The van der Waals surface area contributed by atoms with Gasteiger partial charge < -0.3 is 0 Å². The van der Waals surface area contributed by atoms with Crippen molar-refractivity contribution in [2.24, 2.45) is 5.92 Å². The van der Waals surface area contributed by atoms with Crippen molar-refractivity contribution in [3.63, 3.8) is 0 Å². The highest BCUT2D eigenvalue weighted by atomic mass is 16.1. The van der Waals surface area contributed by atoms with Gasteiger partial charge in [-0.25, -0.2) is 9.97 Å². The number of nitrogens with zero attached hydrogens (tertiary/aromatic N) is 2. The van der Waals surface area contributed by atoms with Crippen molar-refractivity contribution < 1.29 is 4.79 Å². The molecule has 0 bridgehead atoms. The predicted molar refractivity (Wildman–Crippen MR) is 62.2 cm³/mol. The monoisotopic (exact) mass is 218 g/mol. The van der Waals surface area contributed by atoms with Crippen molar-refractivity contribution in [2.75, 3.05) is 0 Å². The third-order valence-electron chi connectivity index (χ3n) is 3.33. The van der Waals surface area contributed by atoms with E-state index < -0.39 is 0 Å². The number of rotatable bonds is 3. The van der Waals surface area contributed by atoms with Crippen molar-refractivity contribution in [2.45, 2.75) is 44.9 Å². The average molecular weight is 218 g/mol. The van der Waals surface area contributed by atoms with Crippen LogP contribution in [0.2, 0.25) is 0 Å². The third-order valence-corrected chi connectivity index (χ3v) is 3.33. The summed E-state index contributed by atoms with van der Waals surface area (Å²) in [5.74, 6) is 0.780. The zero-order chi connectivity index (χ0) is 11.2. The molecule has 1 saturated carbocycles. The van der Waals surface area contributed by atoms with Crippen molar-refractivity contribution in [3.05, 3.63) is 24.3 Å². The van der Waals surface area contributed by atoms with Gasteiger partial charge in [-0.3, -0.25) is 4.79 Å². The van der Waals surface area contributed by atoms with Crippen molar-refractivity contribution >= 4 is 5.78 Å². The summed E-state index contributed by atoms with van der Waals surface area (Å²) in [7, 11) is 0. The molecular weight excluding hydrogens is 200 g/mol. The van der Waals surface area contributed by atoms with Gasteiger partial charge in [-0.15, -0.1) is 0 Å². The van der Waals surface area contributed by atoms with Crippen LogP contribution >= 0.6 is 0 Å². The molecule has 0 aromatic carbocycles. The number of carbonyl (C=O) groups excluding carboxylic acids is 1. The van der Waals surface area contributed by atoms with Gasteiger partial charge >= 0.3 is 0 Å². The second kappa shape index (κ2) is 5.73. The molecule has 0 amide bonds. The zero-order valence-electron chi connectivity index (χ0n) is 9.56. The Kier molecular flexibility index (Phi) is 4.03. The van der Waals surface area contributed by atoms with Crippen LogP contribution in [-0.2, 0) is 0 Å². The molecule has 1 aromatic rings. The Balaban J connectivity index is 1.91. The van der Waals surface area contributed by atoms with Crippen molar-refractivity contribution in [1.82, 2.24) is 9.97 Å². The van der Waals surface area contributed by atoms with Gasteiger partial charge in [-0.2, -0.15) is 0 Å². The predicted octanol–water partition coefficient (Wildman–Crippen LogP) is 3.02. The highest BCUT2D eigenvalue weighted by molar-refractivity contribution is 5.95. The molecule has 0 N–H and O–H groups in total. The highest BCUT2D eigenvalue weighted by Gasteiger charge is 2.17. The summed E-state index contributed by atoms with van der Waals surface area (Å²) in [6.07, 6.45) is 13.0. The molecule has 0 radical (unpaired) electrons. The van der Waals surface area contributed by atoms with Crippen LogP contribution in [0.25, 0.3) is 0 Å². The summed E-state index contributed by atoms with van der Waals surface area (Å²) in [4.78, 5) is 19.7. The first-order valence-electron chi connectivity index (χ1n) is 6.14. The fraction of sp³-hybridized carbons (Fsp3) is 0.615. The van der Waals surface area contributed by atoms with E-state index in [1.807, 2.05) is 0 Å². The molecule has 86 valence electrons. The molecule has 3 heteroatoms. The van der Waals surface area contributed by atoms with Gasteiger partial charge in [0.05, 0.1) is 5.56 Å². The number of hydrogen-bond donors (Lipinski definition) is 0. The summed E-state index contributed by atoms with van der Waals surface area (Å²) in [5.41, 5.74) is 0.659. The summed E-state index contributed by atoms with van der Waals surface area (Å²) < 4.78 is 0. The topological polar surface area (TPSA) is 42.9 Å². The summed E-state index contributed by atoms with van der Waals surface area (Å²) in [6, 6.07) is 0. The van der Waals surface area contributed by atoms with Gasteiger partial charge in [-0.1, -0.05) is 38.5 Å². The van der Waals surface area contributed by atoms with E-state index in [-0.39, 0.29) is 5.78 Å². The third kappa shape index (κ3) is 3.12. The standard InChI is InChI=1S/C13H18N2O/c16-13(12-8-14-10-15-9-12)7-11-5-3-1-2-4-6-11/h8-11H,1-7H2. The van der Waals surface area contributed by atoms with Crippen molar-refractivity contribution in [3.8, 4) is 0 Å². The van der Waals surface area contributed by atoms with Crippen LogP contribution in [0.5, 0.6) is 0 Å². The Labute approximate surface area is 96.3 Å². The molecule has 0 unspecified atom stereocenters. The molecule has 1 fully saturated rings. The van der Waals surface area contributed by atoms with Crippen LogP contribution in [0.4, 0.5) is 0 Å². The summed E-state index contributed by atoms with van der Waals surface area (Å²) in [5, 5.41) is 0. The van der Waals surface area contributed by atoms with Crippen LogP contribution < -0.4 is 0 Å². The number of ketones is 1. The minimum absolute atomic E-state index is 0.201. The molecule has 3 nitrogen and oxygen atoms in total. The normalized spacial score (nSPS) is 18.0. The summed E-state index contributed by atoms with van der Waals surface area (Å²) >= 11 is 0. The smallest absolute Gasteiger partial charge is 0.166 e. The van der Waals surface area contributed by atoms with E-state index in [0.717, 1.165) is 0 Å². The molecular formula is C13H18N2O. The van der Waals surface area contributed by atoms with E-state index in [0.29, 0.717) is 17.9 Å². The second-order valence-electron chi connectivity index (χ2n) is 4.61. The lowest BCUT2D eigenvalue weighted by molar-refractivity contribution is 0.0956. The van der Waals surface area contributed by atoms with Crippen LogP contribution in [0.15, 0.2) is 18.7 Å². The van der Waals surface area contributed by atoms with Crippen LogP contribution in [0.3, 0.4) is 0 Å². The zero-order valence-corrected chi connectivity index (χ0v) is 9.56. The fourth-order valence-corrected chi connectivity index (χ4v) is 2.39. The molecule has 1 aliphatic rings. The Bertz CT molecular complexity index is 329. The largest absolute Gasteiger partial charge is 0.294 e. The molecule has 0 saturated heterocycles. The quantitative estimate of drug-likeness (QED) is 0.578. The van der Waals surface area contributed by atoms with Gasteiger partial charge in [-0.05, 0) is 5.92 Å². The summed E-state index contributed by atoms with van der Waals surface area (Å²) in [6.45, 7) is 0. The first-order chi connectivity index (χ1) is 7.86. The number of carbonyl (C=O) groups is 1. The lowest BCUT2D eigenvalue weighted by Crippen LogP contribution is -2.08. The first kappa shape index (κ1) is 11.2. The van der Waals surface area contributed by atoms with Crippen LogP contribution in [-0.4, -0.2) is 15.8 Å². The molecule has 0 spiro atoms. The van der Waals surface area contributed by atoms with E-state index >= 15 is 0 Å². The first-order valence-corrected chi connectivity index (χ1v) is 6.14. The maximum Gasteiger partial charge on any atom is 0.166 e. The van der Waals surface area contributed by atoms with Gasteiger partial charge in [0, 0.05) is 18.8 Å². The molecule has 1 aliphatic carbocycles. The number of aromatic nitrogens is 2. The lowest BCUT2D eigenvalue weighted by atomic mass is 9.93. The van der Waals surface area contributed by atoms with E-state index in [4.69, 9.17) is 0 Å². The highest BCUT2D eigenvalue weighted by Crippen LogP contribution is 2.26. The maximum atomic E-state index is 11.9. The Morgan fingerprint density at radius 1 is 1.12 bits per heavy atom. The van der Waals surface area contributed by atoms with Crippen LogP contribution in [0.1, 0.15) is 55.3 Å². The molecule has 16 heavy (non-hydrogen) atoms. The Morgan fingerprint density at radius 2 is 1.75 bits per heavy atom. The SMILES string of the molecule is O=C(CC1CCCCCC1)c1cncnc1. The van der Waals surface area contributed by atoms with Crippen molar-refractivity contribution in [1.29, 1.82) is 0 Å². The van der Waals surface area contributed by atoms with E-state index in [1.54, 1.807) is 12.4 Å². The minimum Gasteiger partial charge on any atom is -0.294 e. The molecule has 0 aliphatic heterocycles. The van der Waals surface area contributed by atoms with E-state index in [2.05, 4.69) is 9.97 Å². The maximum absolute atomic E-state index is 11.9. The van der Waals surface area contributed by atoms with E-state index in [1.165, 1.54) is 44.9 Å². The Hall–Kier alpha value is -1.25. The van der Waals surface area contributed by atoms with Crippen LogP contribution in [0, 0.1) is 5.92 Å². The Morgan fingerprint density at radius 3 is 2.38 bits per heavy atom. The molecule has 2 rings (SSSR count). The lowest BCUT2D eigenvalue weighted by Gasteiger charge is -2.12. The second-order valence-corrected chi connectivity index (χ2v) is 4.61. The van der Waals surface area contributed by atoms with Gasteiger partial charge in [0.15, 0.2) is 5.78 Å². The number of hydrogen-bond acceptors (Lipinski definition) is 3. The molecule has 1 aromatic heterocycles. The minimum atomic E-state index is 0.201. The average Bonchev–Trinajstić information content (AvgIpc) is 2.59. The van der Waals surface area contributed by atoms with Gasteiger partial charge in [0.2, 0.25) is 0 Å². The fourth-order valence-electron chi connectivity index (χ4n) is 2.39. The van der Waals surface area contributed by atoms with Gasteiger partial charge in [0.25, 0.3) is 0 Å².